The van der Waals surface area contributed by atoms with Crippen molar-refractivity contribution in [3.63, 3.8) is 0 Å². The molecule has 0 heterocycles. The van der Waals surface area contributed by atoms with Gasteiger partial charge in [0.05, 0.1) is 0 Å². The second kappa shape index (κ2) is 4.56. The summed E-state index contributed by atoms with van der Waals surface area (Å²) in [5.41, 5.74) is 6.48. The highest BCUT2D eigenvalue weighted by Gasteiger charge is 2.49. The van der Waals surface area contributed by atoms with Crippen LogP contribution in [0.2, 0.25) is 0 Å². The SMILES string of the molecule is C=CC1=CCC2C3CCC4=CC(=O)CCC4=C3CCC12C. The fraction of sp³-hybridized carbons (Fsp3) is 0.550. The summed E-state index contributed by atoms with van der Waals surface area (Å²) in [4.78, 5) is 11.7. The van der Waals surface area contributed by atoms with Crippen molar-refractivity contribution in [2.75, 3.05) is 0 Å². The van der Waals surface area contributed by atoms with Crippen LogP contribution in [-0.2, 0) is 4.79 Å². The molecule has 4 aliphatic rings. The van der Waals surface area contributed by atoms with E-state index in [0.717, 1.165) is 31.1 Å². The molecule has 1 fully saturated rings. The molecule has 1 heteroatoms. The Morgan fingerprint density at radius 1 is 1.29 bits per heavy atom. The molecule has 0 radical (unpaired) electrons. The Labute approximate surface area is 127 Å². The third-order valence-corrected chi connectivity index (χ3v) is 6.59. The number of carbonyl (C=O) groups is 1. The molecule has 0 aromatic carbocycles. The second-order valence-electron chi connectivity index (χ2n) is 7.41. The van der Waals surface area contributed by atoms with Crippen LogP contribution in [0.5, 0.6) is 0 Å². The Morgan fingerprint density at radius 3 is 2.95 bits per heavy atom. The van der Waals surface area contributed by atoms with Crippen LogP contribution in [0.25, 0.3) is 0 Å². The van der Waals surface area contributed by atoms with E-state index in [-0.39, 0.29) is 0 Å². The van der Waals surface area contributed by atoms with Gasteiger partial charge in [-0.2, -0.15) is 0 Å². The summed E-state index contributed by atoms with van der Waals surface area (Å²) < 4.78 is 0. The Morgan fingerprint density at radius 2 is 2.14 bits per heavy atom. The average molecular weight is 280 g/mol. The molecule has 0 aromatic rings. The van der Waals surface area contributed by atoms with Gasteiger partial charge in [0.1, 0.15) is 0 Å². The summed E-state index contributed by atoms with van der Waals surface area (Å²) in [6, 6.07) is 0. The van der Waals surface area contributed by atoms with Crippen molar-refractivity contribution < 1.29 is 4.79 Å². The van der Waals surface area contributed by atoms with Crippen molar-refractivity contribution in [2.24, 2.45) is 17.3 Å². The fourth-order valence-corrected chi connectivity index (χ4v) is 5.45. The number of fused-ring (bicyclic) bond motifs is 4. The normalized spacial score (nSPS) is 38.2. The summed E-state index contributed by atoms with van der Waals surface area (Å²) in [5, 5.41) is 0. The highest BCUT2D eigenvalue weighted by Crippen LogP contribution is 2.60. The zero-order valence-electron chi connectivity index (χ0n) is 13.0. The lowest BCUT2D eigenvalue weighted by atomic mass is 9.56. The van der Waals surface area contributed by atoms with E-state index < -0.39 is 0 Å². The Bertz CT molecular complexity index is 616. The van der Waals surface area contributed by atoms with Gasteiger partial charge in [-0.3, -0.25) is 4.79 Å². The minimum Gasteiger partial charge on any atom is -0.295 e. The number of rotatable bonds is 1. The van der Waals surface area contributed by atoms with Gasteiger partial charge in [-0.25, -0.2) is 0 Å². The highest BCUT2D eigenvalue weighted by atomic mass is 16.1. The number of hydrogen-bond donors (Lipinski definition) is 0. The van der Waals surface area contributed by atoms with Gasteiger partial charge in [-0.1, -0.05) is 31.2 Å². The van der Waals surface area contributed by atoms with Crippen LogP contribution in [0.4, 0.5) is 0 Å². The predicted octanol–water partition coefficient (Wildman–Crippen LogP) is 4.91. The van der Waals surface area contributed by atoms with E-state index in [0.29, 0.717) is 11.2 Å². The van der Waals surface area contributed by atoms with Gasteiger partial charge in [0.15, 0.2) is 5.78 Å². The maximum absolute atomic E-state index is 11.7. The van der Waals surface area contributed by atoms with E-state index in [2.05, 4.69) is 25.7 Å². The molecular formula is C20H24O. The molecule has 4 aliphatic carbocycles. The van der Waals surface area contributed by atoms with Gasteiger partial charge < -0.3 is 0 Å². The molecule has 1 saturated carbocycles. The topological polar surface area (TPSA) is 17.1 Å². The Balaban J connectivity index is 1.74. The number of carbonyl (C=O) groups excluding carboxylic acids is 1. The summed E-state index contributed by atoms with van der Waals surface area (Å²) in [6.45, 7) is 6.48. The quantitative estimate of drug-likeness (QED) is 0.666. The minimum absolute atomic E-state index is 0.338. The molecule has 0 saturated heterocycles. The lowest BCUT2D eigenvalue weighted by molar-refractivity contribution is -0.114. The van der Waals surface area contributed by atoms with Crippen LogP contribution in [0.15, 0.2) is 47.1 Å². The third kappa shape index (κ3) is 1.79. The van der Waals surface area contributed by atoms with Gasteiger partial charge in [0, 0.05) is 6.42 Å². The van der Waals surface area contributed by atoms with Crippen LogP contribution in [0.3, 0.4) is 0 Å². The fourth-order valence-electron chi connectivity index (χ4n) is 5.45. The summed E-state index contributed by atoms with van der Waals surface area (Å²) in [5.74, 6) is 1.85. The third-order valence-electron chi connectivity index (χ3n) is 6.59. The van der Waals surface area contributed by atoms with E-state index in [1.165, 1.54) is 36.8 Å². The smallest absolute Gasteiger partial charge is 0.156 e. The molecule has 0 bridgehead atoms. The first-order valence-corrected chi connectivity index (χ1v) is 8.42. The van der Waals surface area contributed by atoms with Gasteiger partial charge in [-0.05, 0) is 78.6 Å². The summed E-state index contributed by atoms with van der Waals surface area (Å²) >= 11 is 0. The zero-order chi connectivity index (χ0) is 14.6. The van der Waals surface area contributed by atoms with Crippen molar-refractivity contribution >= 4 is 5.78 Å². The minimum atomic E-state index is 0.338. The van der Waals surface area contributed by atoms with E-state index in [4.69, 9.17) is 0 Å². The standard InChI is InChI=1S/C20H24O/c1-3-14-5-9-19-18-7-4-13-12-15(21)6-8-16(13)17(18)10-11-20(14,19)2/h3,5,12,18-19H,1,4,6-11H2,2H3. The van der Waals surface area contributed by atoms with Crippen LogP contribution < -0.4 is 0 Å². The van der Waals surface area contributed by atoms with Crippen LogP contribution in [0.1, 0.15) is 51.9 Å². The van der Waals surface area contributed by atoms with Crippen molar-refractivity contribution in [3.05, 3.63) is 47.1 Å². The van der Waals surface area contributed by atoms with Gasteiger partial charge >= 0.3 is 0 Å². The zero-order valence-corrected chi connectivity index (χ0v) is 13.0. The molecule has 0 spiro atoms. The molecular weight excluding hydrogens is 256 g/mol. The number of ketones is 1. The molecule has 110 valence electrons. The molecule has 4 rings (SSSR count). The highest BCUT2D eigenvalue weighted by molar-refractivity contribution is 5.93. The van der Waals surface area contributed by atoms with E-state index in [1.54, 1.807) is 11.1 Å². The lowest BCUT2D eigenvalue weighted by Gasteiger charge is -2.48. The number of allylic oxidation sites excluding steroid dienone is 7. The first-order valence-electron chi connectivity index (χ1n) is 8.42. The van der Waals surface area contributed by atoms with Crippen LogP contribution in [-0.4, -0.2) is 5.78 Å². The van der Waals surface area contributed by atoms with Crippen molar-refractivity contribution in [1.29, 1.82) is 0 Å². The first kappa shape index (κ1) is 13.3. The van der Waals surface area contributed by atoms with Crippen molar-refractivity contribution in [2.45, 2.75) is 51.9 Å². The maximum Gasteiger partial charge on any atom is 0.156 e. The predicted molar refractivity (Wildman–Crippen MR) is 85.8 cm³/mol. The molecule has 3 atom stereocenters. The van der Waals surface area contributed by atoms with Crippen molar-refractivity contribution in [3.8, 4) is 0 Å². The van der Waals surface area contributed by atoms with E-state index in [9.17, 15) is 4.79 Å². The van der Waals surface area contributed by atoms with Gasteiger partial charge in [0.2, 0.25) is 0 Å². The maximum atomic E-state index is 11.7. The Hall–Kier alpha value is -1.37. The lowest BCUT2D eigenvalue weighted by Crippen LogP contribution is -2.38. The monoisotopic (exact) mass is 280 g/mol. The van der Waals surface area contributed by atoms with Crippen LogP contribution in [0, 0.1) is 17.3 Å². The largest absolute Gasteiger partial charge is 0.295 e. The average Bonchev–Trinajstić information content (AvgIpc) is 2.83. The van der Waals surface area contributed by atoms with Crippen LogP contribution >= 0.6 is 0 Å². The molecule has 1 nitrogen and oxygen atoms in total. The van der Waals surface area contributed by atoms with Gasteiger partial charge in [-0.15, -0.1) is 0 Å². The molecule has 21 heavy (non-hydrogen) atoms. The molecule has 0 amide bonds. The van der Waals surface area contributed by atoms with Gasteiger partial charge in [0.25, 0.3) is 0 Å². The van der Waals surface area contributed by atoms with Crippen molar-refractivity contribution in [1.82, 2.24) is 0 Å². The first-order chi connectivity index (χ1) is 10.1. The summed E-state index contributed by atoms with van der Waals surface area (Å²) in [7, 11) is 0. The molecule has 0 aliphatic heterocycles. The van der Waals surface area contributed by atoms with E-state index in [1.807, 2.05) is 6.08 Å². The summed E-state index contributed by atoms with van der Waals surface area (Å²) in [6.07, 6.45) is 14.3. The molecule has 3 unspecified atom stereocenters. The molecule has 0 aromatic heterocycles. The second-order valence-corrected chi connectivity index (χ2v) is 7.41. The molecule has 0 N–H and O–H groups in total. The van der Waals surface area contributed by atoms with E-state index >= 15 is 0 Å². The number of hydrogen-bond acceptors (Lipinski definition) is 1. The Kier molecular flexibility index (Phi) is 2.89.